The Morgan fingerprint density at radius 1 is 1.18 bits per heavy atom. The Hall–Kier alpha value is -0.960. The number of amides is 1. The summed E-state index contributed by atoms with van der Waals surface area (Å²) in [4.78, 5) is 14.9. The summed E-state index contributed by atoms with van der Waals surface area (Å²) in [6.45, 7) is 9.83. The number of hydrogen-bond donors (Lipinski definition) is 0. The highest BCUT2D eigenvalue weighted by molar-refractivity contribution is 8.00. The summed E-state index contributed by atoms with van der Waals surface area (Å²) in [6, 6.07) is 6.34. The number of carbonyl (C=O) groups is 1. The highest BCUT2D eigenvalue weighted by Crippen LogP contribution is 2.21. The van der Waals surface area contributed by atoms with Crippen LogP contribution < -0.4 is 0 Å². The molecule has 0 radical (unpaired) electrons. The lowest BCUT2D eigenvalue weighted by Crippen LogP contribution is -2.31. The van der Waals surface area contributed by atoms with Crippen LogP contribution in [0.2, 0.25) is 0 Å². The Morgan fingerprint density at radius 2 is 1.82 bits per heavy atom. The van der Waals surface area contributed by atoms with E-state index in [1.807, 2.05) is 18.7 Å². The van der Waals surface area contributed by atoms with E-state index in [0.29, 0.717) is 5.75 Å². The van der Waals surface area contributed by atoms with Crippen molar-refractivity contribution in [2.24, 2.45) is 0 Å². The van der Waals surface area contributed by atoms with Crippen LogP contribution in [0.15, 0.2) is 23.1 Å². The summed E-state index contributed by atoms with van der Waals surface area (Å²) in [7, 11) is 0. The zero-order chi connectivity index (χ0) is 12.8. The first-order valence-corrected chi connectivity index (χ1v) is 7.04. The molecule has 0 saturated heterocycles. The van der Waals surface area contributed by atoms with Crippen LogP contribution in [-0.4, -0.2) is 29.6 Å². The molecule has 0 aromatic heterocycles. The van der Waals surface area contributed by atoms with Crippen molar-refractivity contribution in [1.29, 1.82) is 0 Å². The standard InChI is InChI=1S/C14H21NOS/c1-5-15(6-2)14(16)10-17-13-8-7-11(3)12(4)9-13/h7-9H,5-6,10H2,1-4H3. The first kappa shape index (κ1) is 14.1. The van der Waals surface area contributed by atoms with Crippen molar-refractivity contribution in [1.82, 2.24) is 4.90 Å². The minimum atomic E-state index is 0.221. The van der Waals surface area contributed by atoms with Crippen molar-refractivity contribution in [3.8, 4) is 0 Å². The Balaban J connectivity index is 2.55. The van der Waals surface area contributed by atoms with Gasteiger partial charge >= 0.3 is 0 Å². The van der Waals surface area contributed by atoms with Gasteiger partial charge in [-0.15, -0.1) is 11.8 Å². The number of nitrogens with zero attached hydrogens (tertiary/aromatic N) is 1. The van der Waals surface area contributed by atoms with E-state index in [2.05, 4.69) is 32.0 Å². The molecule has 0 aliphatic heterocycles. The molecule has 1 aromatic carbocycles. The third-order valence-corrected chi connectivity index (χ3v) is 3.94. The van der Waals surface area contributed by atoms with Crippen LogP contribution >= 0.6 is 11.8 Å². The highest BCUT2D eigenvalue weighted by Gasteiger charge is 2.09. The number of rotatable bonds is 5. The van der Waals surface area contributed by atoms with Gasteiger partial charge in [0.15, 0.2) is 0 Å². The second-order valence-corrected chi connectivity index (χ2v) is 5.15. The fraction of sp³-hybridized carbons (Fsp3) is 0.500. The smallest absolute Gasteiger partial charge is 0.232 e. The molecule has 1 amide bonds. The summed E-state index contributed by atoms with van der Waals surface area (Å²) in [6.07, 6.45) is 0. The van der Waals surface area contributed by atoms with E-state index in [-0.39, 0.29) is 5.91 Å². The molecule has 1 rings (SSSR count). The van der Waals surface area contributed by atoms with Gasteiger partial charge in [-0.2, -0.15) is 0 Å². The van der Waals surface area contributed by atoms with Crippen LogP contribution in [0.4, 0.5) is 0 Å². The van der Waals surface area contributed by atoms with E-state index in [1.54, 1.807) is 11.8 Å². The maximum atomic E-state index is 11.8. The topological polar surface area (TPSA) is 20.3 Å². The van der Waals surface area contributed by atoms with E-state index < -0.39 is 0 Å². The molecule has 0 aliphatic rings. The summed E-state index contributed by atoms with van der Waals surface area (Å²) in [5.74, 6) is 0.753. The van der Waals surface area contributed by atoms with Crippen molar-refractivity contribution in [2.75, 3.05) is 18.8 Å². The Kier molecular flexibility index (Phi) is 5.56. The number of carbonyl (C=O) groups excluding carboxylic acids is 1. The summed E-state index contributed by atoms with van der Waals surface area (Å²) in [5, 5.41) is 0. The van der Waals surface area contributed by atoms with Gasteiger partial charge in [0.05, 0.1) is 5.75 Å². The van der Waals surface area contributed by atoms with E-state index in [4.69, 9.17) is 0 Å². The van der Waals surface area contributed by atoms with Crippen LogP contribution in [-0.2, 0) is 4.79 Å². The van der Waals surface area contributed by atoms with Crippen LogP contribution in [0.25, 0.3) is 0 Å². The van der Waals surface area contributed by atoms with E-state index in [1.165, 1.54) is 16.0 Å². The third-order valence-electron chi connectivity index (χ3n) is 2.96. The molecule has 0 unspecified atom stereocenters. The SMILES string of the molecule is CCN(CC)C(=O)CSc1ccc(C)c(C)c1. The number of thioether (sulfide) groups is 1. The zero-order valence-electron chi connectivity index (χ0n) is 11.1. The Bertz CT molecular complexity index is 386. The molecule has 0 N–H and O–H groups in total. The van der Waals surface area contributed by atoms with Gasteiger partial charge in [-0.05, 0) is 51.0 Å². The van der Waals surface area contributed by atoms with Crippen LogP contribution in [0, 0.1) is 13.8 Å². The van der Waals surface area contributed by atoms with Crippen molar-refractivity contribution in [3.05, 3.63) is 29.3 Å². The molecular weight excluding hydrogens is 230 g/mol. The number of benzene rings is 1. The van der Waals surface area contributed by atoms with Gasteiger partial charge < -0.3 is 4.90 Å². The van der Waals surface area contributed by atoms with Crippen LogP contribution in [0.3, 0.4) is 0 Å². The lowest BCUT2D eigenvalue weighted by Gasteiger charge is -2.18. The molecule has 1 aromatic rings. The minimum absolute atomic E-state index is 0.221. The minimum Gasteiger partial charge on any atom is -0.343 e. The fourth-order valence-electron chi connectivity index (χ4n) is 1.62. The molecule has 0 fully saturated rings. The molecule has 0 aliphatic carbocycles. The van der Waals surface area contributed by atoms with E-state index in [9.17, 15) is 4.79 Å². The fourth-order valence-corrected chi connectivity index (χ4v) is 2.51. The summed E-state index contributed by atoms with van der Waals surface area (Å²) >= 11 is 1.62. The Morgan fingerprint density at radius 3 is 2.35 bits per heavy atom. The van der Waals surface area contributed by atoms with Gasteiger partial charge in [-0.1, -0.05) is 6.07 Å². The van der Waals surface area contributed by atoms with Gasteiger partial charge in [-0.25, -0.2) is 0 Å². The zero-order valence-corrected chi connectivity index (χ0v) is 11.9. The molecule has 0 heterocycles. The molecule has 0 spiro atoms. The maximum absolute atomic E-state index is 11.8. The van der Waals surface area contributed by atoms with Crippen LogP contribution in [0.5, 0.6) is 0 Å². The normalized spacial score (nSPS) is 10.4. The van der Waals surface area contributed by atoms with Gasteiger partial charge in [0.2, 0.25) is 5.91 Å². The molecule has 0 atom stereocenters. The predicted molar refractivity (Wildman–Crippen MR) is 74.6 cm³/mol. The average Bonchev–Trinajstić information content (AvgIpc) is 2.32. The molecule has 17 heavy (non-hydrogen) atoms. The lowest BCUT2D eigenvalue weighted by atomic mass is 10.1. The average molecular weight is 251 g/mol. The molecular formula is C14H21NOS. The van der Waals surface area contributed by atoms with Gasteiger partial charge in [0, 0.05) is 18.0 Å². The van der Waals surface area contributed by atoms with Gasteiger partial charge in [-0.3, -0.25) is 4.79 Å². The lowest BCUT2D eigenvalue weighted by molar-refractivity contribution is -0.127. The molecule has 2 nitrogen and oxygen atoms in total. The molecule has 0 bridgehead atoms. The van der Waals surface area contributed by atoms with Gasteiger partial charge in [0.1, 0.15) is 0 Å². The second kappa shape index (κ2) is 6.70. The first-order valence-electron chi connectivity index (χ1n) is 6.06. The summed E-state index contributed by atoms with van der Waals surface area (Å²) in [5.41, 5.74) is 2.58. The monoisotopic (exact) mass is 251 g/mol. The quantitative estimate of drug-likeness (QED) is 0.749. The van der Waals surface area contributed by atoms with E-state index in [0.717, 1.165) is 13.1 Å². The predicted octanol–water partition coefficient (Wildman–Crippen LogP) is 3.26. The van der Waals surface area contributed by atoms with Crippen LogP contribution in [0.1, 0.15) is 25.0 Å². The molecule has 3 heteroatoms. The number of aryl methyl sites for hydroxylation is 2. The Labute approximate surface area is 108 Å². The van der Waals surface area contributed by atoms with Crippen molar-refractivity contribution < 1.29 is 4.79 Å². The largest absolute Gasteiger partial charge is 0.343 e. The molecule has 94 valence electrons. The third kappa shape index (κ3) is 4.08. The van der Waals surface area contributed by atoms with Gasteiger partial charge in [0.25, 0.3) is 0 Å². The van der Waals surface area contributed by atoms with E-state index >= 15 is 0 Å². The van der Waals surface area contributed by atoms with Crippen molar-refractivity contribution in [3.63, 3.8) is 0 Å². The van der Waals surface area contributed by atoms with Crippen molar-refractivity contribution >= 4 is 17.7 Å². The van der Waals surface area contributed by atoms with Crippen molar-refractivity contribution in [2.45, 2.75) is 32.6 Å². The summed E-state index contributed by atoms with van der Waals surface area (Å²) < 4.78 is 0. The first-order chi connectivity index (χ1) is 8.08. The molecule has 0 saturated carbocycles. The number of hydrogen-bond acceptors (Lipinski definition) is 2. The highest BCUT2D eigenvalue weighted by atomic mass is 32.2. The maximum Gasteiger partial charge on any atom is 0.232 e. The second-order valence-electron chi connectivity index (χ2n) is 4.10.